The maximum atomic E-state index is 14.4. The molecule has 2 bridgehead atoms. The van der Waals surface area contributed by atoms with Crippen molar-refractivity contribution in [2.75, 3.05) is 27.9 Å². The van der Waals surface area contributed by atoms with Crippen molar-refractivity contribution in [3.8, 4) is 0 Å². The van der Waals surface area contributed by atoms with Gasteiger partial charge in [-0.15, -0.1) is 0 Å². The first-order valence-electron chi connectivity index (χ1n) is 24.6. The third-order valence-corrected chi connectivity index (χ3v) is 14.7. The number of nitrogens with zero attached hydrogens (tertiary/aromatic N) is 1. The van der Waals surface area contributed by atoms with Gasteiger partial charge in [-0.1, -0.05) is 76.6 Å². The molecular formula is C52H80N2O14. The summed E-state index contributed by atoms with van der Waals surface area (Å²) in [6, 6.07) is -1.83. The number of aliphatic hydroxyl groups is 3. The van der Waals surface area contributed by atoms with E-state index in [4.69, 9.17) is 23.7 Å². The number of piperidine rings is 1. The van der Waals surface area contributed by atoms with Gasteiger partial charge in [0.15, 0.2) is 5.78 Å². The molecular weight excluding hydrogens is 877 g/mol. The Labute approximate surface area is 403 Å². The normalized spacial score (nSPS) is 39.0. The number of rotatable bonds is 6. The molecule has 0 radical (unpaired) electrons. The Kier molecular flexibility index (Phi) is 21.8. The van der Waals surface area contributed by atoms with Gasteiger partial charge in [-0.3, -0.25) is 19.2 Å². The second-order valence-corrected chi connectivity index (χ2v) is 20.1. The van der Waals surface area contributed by atoms with Crippen molar-refractivity contribution >= 4 is 35.3 Å². The molecule has 3 heterocycles. The summed E-state index contributed by atoms with van der Waals surface area (Å²) in [6.45, 7) is 12.4. The van der Waals surface area contributed by atoms with Crippen LogP contribution in [0.15, 0.2) is 47.6 Å². The highest BCUT2D eigenvalue weighted by Gasteiger charge is 2.53. The van der Waals surface area contributed by atoms with Crippen LogP contribution in [0.25, 0.3) is 0 Å². The van der Waals surface area contributed by atoms with Crippen LogP contribution in [0.3, 0.4) is 0 Å². The van der Waals surface area contributed by atoms with Gasteiger partial charge >= 0.3 is 12.1 Å². The molecule has 3 aliphatic heterocycles. The number of aliphatic hydroxyl groups excluding tert-OH is 2. The Hall–Kier alpha value is -4.06. The van der Waals surface area contributed by atoms with Crippen LogP contribution in [-0.4, -0.2) is 138 Å². The van der Waals surface area contributed by atoms with Crippen LogP contribution in [0.4, 0.5) is 4.79 Å². The standard InChI is InChI=1S/C52H80N2O14/c1-30-16-12-11-13-17-31(2)39(53-51(62)66-10)28-38-21-19-36(7)52(63,68-38)48(59)49(60)54-23-15-14-18-40(54)50(61)67-43(33(4)26-37-20-22-41(55)44(27-37)64-8)29-42(56)32(3)25-35(6)46(58)47(65-9)45(57)34(5)24-30/h11-13,16-17,25,30,32-34,36-41,43-44,46-47,55,58,63H,14-15,18-24,26-29H2,1-10H3,(H,53,62)/b13-11+,16-12+,31-17+,35-25+/t30-,32-,33-,34-,36-,37+,38+,39+,40+,41-,43+,44-,46-,47+,52?/m1/s1. The van der Waals surface area contributed by atoms with E-state index >= 15 is 0 Å². The number of ether oxygens (including phenoxy) is 5. The zero-order chi connectivity index (χ0) is 50.5. The molecule has 1 unspecified atom stereocenters. The topological polar surface area (TPSA) is 225 Å². The monoisotopic (exact) mass is 957 g/mol. The third-order valence-electron chi connectivity index (χ3n) is 14.7. The number of methoxy groups -OCH3 is 3. The summed E-state index contributed by atoms with van der Waals surface area (Å²) in [5, 5.41) is 36.8. The minimum atomic E-state index is -2.53. The molecule has 1 aliphatic carbocycles. The molecule has 0 aromatic carbocycles. The Balaban J connectivity index is 1.73. The van der Waals surface area contributed by atoms with Crippen molar-refractivity contribution in [3.05, 3.63) is 47.6 Å². The van der Waals surface area contributed by atoms with Crippen LogP contribution in [0, 0.1) is 35.5 Å². The molecule has 0 spiro atoms. The maximum Gasteiger partial charge on any atom is 0.407 e. The van der Waals surface area contributed by atoms with Crippen molar-refractivity contribution in [3.63, 3.8) is 0 Å². The van der Waals surface area contributed by atoms with Gasteiger partial charge in [-0.25, -0.2) is 9.59 Å². The molecule has 0 aromatic rings. The van der Waals surface area contributed by atoms with E-state index in [1.54, 1.807) is 53.0 Å². The number of fused-ring (bicyclic) bond motifs is 3. The van der Waals surface area contributed by atoms with Crippen molar-refractivity contribution in [1.82, 2.24) is 10.2 Å². The molecule has 16 nitrogen and oxygen atoms in total. The smallest absolute Gasteiger partial charge is 0.407 e. The molecule has 2 saturated heterocycles. The van der Waals surface area contributed by atoms with E-state index in [0.717, 1.165) is 4.90 Å². The van der Waals surface area contributed by atoms with E-state index in [1.165, 1.54) is 14.2 Å². The van der Waals surface area contributed by atoms with Gasteiger partial charge in [0.05, 0.1) is 31.5 Å². The zero-order valence-corrected chi connectivity index (χ0v) is 42.0. The lowest BCUT2D eigenvalue weighted by molar-refractivity contribution is -0.264. The second kappa shape index (κ2) is 26.2. The highest BCUT2D eigenvalue weighted by Crippen LogP contribution is 2.37. The number of allylic oxidation sites excluding steroid dienone is 6. The SMILES string of the molecule is COC(=O)N[C@H]1C[C@@H]2CC[C@@H](C)C(O)(O2)C(=O)C(=O)N2CCCC[C@H]2C(=O)O[C@H]([C@H](C)C[C@@H]2CC[C@@H](O)[C@H](OC)C2)CC(=O)[C@H](C)/C=C(\C)[C@@H](O)[C@@H](OC)C(=O)[C@H](C)C[C@H](C)/C=C/C=C/C=C/1C. The minimum absolute atomic E-state index is 0.0344. The van der Waals surface area contributed by atoms with Crippen LogP contribution in [0.5, 0.6) is 0 Å². The molecule has 15 atom stereocenters. The summed E-state index contributed by atoms with van der Waals surface area (Å²) < 4.78 is 28.4. The lowest BCUT2D eigenvalue weighted by Crippen LogP contribution is -2.61. The average molecular weight is 957 g/mol. The van der Waals surface area contributed by atoms with Crippen LogP contribution in [0.1, 0.15) is 126 Å². The number of carbonyl (C=O) groups excluding carboxylic acids is 6. The van der Waals surface area contributed by atoms with Gasteiger partial charge in [-0.2, -0.15) is 0 Å². The molecule has 4 N–H and O–H groups in total. The Bertz CT molecular complexity index is 1880. The van der Waals surface area contributed by atoms with E-state index in [0.29, 0.717) is 68.9 Å². The first-order valence-corrected chi connectivity index (χ1v) is 24.6. The number of hydrogen-bond donors (Lipinski definition) is 4. The summed E-state index contributed by atoms with van der Waals surface area (Å²) in [5.41, 5.74) is 1.08. The van der Waals surface area contributed by atoms with Crippen molar-refractivity contribution in [2.45, 2.75) is 180 Å². The highest BCUT2D eigenvalue weighted by atomic mass is 16.6. The molecule has 3 fully saturated rings. The average Bonchev–Trinajstić information content (AvgIpc) is 3.31. The van der Waals surface area contributed by atoms with Gasteiger partial charge in [0.25, 0.3) is 11.7 Å². The number of esters is 1. The molecule has 0 aromatic heterocycles. The number of cyclic esters (lactones) is 1. The molecule has 2 amide bonds. The first-order chi connectivity index (χ1) is 32.1. The largest absolute Gasteiger partial charge is 0.460 e. The summed E-state index contributed by atoms with van der Waals surface area (Å²) in [4.78, 5) is 84.6. The lowest BCUT2D eigenvalue weighted by Gasteiger charge is -2.43. The van der Waals surface area contributed by atoms with E-state index in [-0.39, 0.29) is 61.2 Å². The van der Waals surface area contributed by atoms with Gasteiger partial charge < -0.3 is 49.2 Å². The van der Waals surface area contributed by atoms with Gasteiger partial charge in [0.1, 0.15) is 30.1 Å². The molecule has 4 rings (SSSR count). The summed E-state index contributed by atoms with van der Waals surface area (Å²) in [6.07, 6.45) is 9.63. The molecule has 16 heteroatoms. The number of nitrogens with one attached hydrogen (secondary N) is 1. The minimum Gasteiger partial charge on any atom is -0.460 e. The van der Waals surface area contributed by atoms with E-state index in [1.807, 2.05) is 39.0 Å². The van der Waals surface area contributed by atoms with Crippen LogP contribution < -0.4 is 5.32 Å². The lowest BCUT2D eigenvalue weighted by atomic mass is 9.78. The quantitative estimate of drug-likeness (QED) is 0.139. The van der Waals surface area contributed by atoms with Gasteiger partial charge in [0, 0.05) is 44.9 Å². The molecule has 4 aliphatic rings. The molecule has 68 heavy (non-hydrogen) atoms. The summed E-state index contributed by atoms with van der Waals surface area (Å²) in [5.74, 6) is -8.50. The fourth-order valence-corrected chi connectivity index (χ4v) is 10.2. The number of Topliss-reactive ketones (excluding diaryl/α,β-unsaturated/α-hetero) is 3. The number of alkyl carbamates (subject to hydrolysis) is 1. The maximum absolute atomic E-state index is 14.4. The highest BCUT2D eigenvalue weighted by molar-refractivity contribution is 6.39. The van der Waals surface area contributed by atoms with E-state index in [9.17, 15) is 44.1 Å². The molecule has 382 valence electrons. The predicted octanol–water partition coefficient (Wildman–Crippen LogP) is 5.89. The van der Waals surface area contributed by atoms with Crippen molar-refractivity contribution in [2.24, 2.45) is 35.5 Å². The van der Waals surface area contributed by atoms with Crippen LogP contribution in [-0.2, 0) is 47.7 Å². The van der Waals surface area contributed by atoms with Crippen molar-refractivity contribution < 1.29 is 67.8 Å². The Morgan fingerprint density at radius 3 is 2.29 bits per heavy atom. The van der Waals surface area contributed by atoms with Crippen LogP contribution >= 0.6 is 0 Å². The number of ketones is 3. The number of carbonyl (C=O) groups is 6. The predicted molar refractivity (Wildman–Crippen MR) is 254 cm³/mol. The van der Waals surface area contributed by atoms with Crippen molar-refractivity contribution in [1.29, 1.82) is 0 Å². The second-order valence-electron chi connectivity index (χ2n) is 20.1. The summed E-state index contributed by atoms with van der Waals surface area (Å²) >= 11 is 0. The van der Waals surface area contributed by atoms with E-state index in [2.05, 4.69) is 5.32 Å². The fraction of sp³-hybridized carbons (Fsp3) is 0.731. The summed E-state index contributed by atoms with van der Waals surface area (Å²) in [7, 11) is 4.16. The Morgan fingerprint density at radius 2 is 1.62 bits per heavy atom. The Morgan fingerprint density at radius 1 is 0.897 bits per heavy atom. The number of amides is 2. The molecule has 1 saturated carbocycles. The van der Waals surface area contributed by atoms with Gasteiger partial charge in [-0.05, 0) is 108 Å². The van der Waals surface area contributed by atoms with Crippen LogP contribution in [0.2, 0.25) is 0 Å². The fourth-order valence-electron chi connectivity index (χ4n) is 10.2. The van der Waals surface area contributed by atoms with E-state index < -0.39 is 89.9 Å². The first kappa shape index (κ1) is 56.5. The zero-order valence-electron chi connectivity index (χ0n) is 42.0. The van der Waals surface area contributed by atoms with Gasteiger partial charge in [0.2, 0.25) is 5.79 Å². The number of hydrogen-bond acceptors (Lipinski definition) is 14. The third kappa shape index (κ3) is 15.0.